The number of rotatable bonds is 11. The van der Waals surface area contributed by atoms with Gasteiger partial charge in [-0.15, -0.1) is 0 Å². The van der Waals surface area contributed by atoms with Gasteiger partial charge in [0.1, 0.15) is 24.5 Å². The van der Waals surface area contributed by atoms with Gasteiger partial charge in [-0.05, 0) is 76.2 Å². The van der Waals surface area contributed by atoms with Crippen molar-refractivity contribution in [1.29, 1.82) is 0 Å². The molecule has 1 atom stereocenters. The summed E-state index contributed by atoms with van der Waals surface area (Å²) in [6.07, 6.45) is 1.59. The normalized spacial score (nSPS) is 13.0. The van der Waals surface area contributed by atoms with Crippen LogP contribution in [0.25, 0.3) is 0 Å². The second-order valence-corrected chi connectivity index (χ2v) is 11.4. The van der Waals surface area contributed by atoms with Gasteiger partial charge in [-0.25, -0.2) is 9.59 Å². The maximum absolute atomic E-state index is 13.1. The van der Waals surface area contributed by atoms with Gasteiger partial charge in [-0.1, -0.05) is 32.0 Å². The first-order valence-electron chi connectivity index (χ1n) is 15.1. The maximum Gasteiger partial charge on any atom is 0.412 e. The number of para-hydroxylation sites is 2. The van der Waals surface area contributed by atoms with Crippen LogP contribution in [0.15, 0.2) is 60.8 Å². The number of nitrogens with one attached hydrogen (secondary N) is 4. The first-order chi connectivity index (χ1) is 21.5. The number of aromatic nitrogens is 1. The Morgan fingerprint density at radius 1 is 0.911 bits per heavy atom. The fourth-order valence-corrected chi connectivity index (χ4v) is 4.67. The predicted octanol–water partition coefficient (Wildman–Crippen LogP) is 6.05. The predicted molar refractivity (Wildman–Crippen MR) is 173 cm³/mol. The van der Waals surface area contributed by atoms with E-state index in [1.165, 1.54) is 0 Å². The third-order valence-corrected chi connectivity index (χ3v) is 6.97. The van der Waals surface area contributed by atoms with E-state index in [0.717, 1.165) is 25.2 Å². The lowest BCUT2D eigenvalue weighted by Gasteiger charge is -2.24. The molecule has 4 N–H and O–H groups in total. The van der Waals surface area contributed by atoms with Gasteiger partial charge in [-0.2, -0.15) is 0 Å². The minimum Gasteiger partial charge on any atom is -0.486 e. The highest BCUT2D eigenvalue weighted by Gasteiger charge is 2.20. The maximum atomic E-state index is 13.1. The van der Waals surface area contributed by atoms with Crippen LogP contribution in [-0.2, 0) is 4.74 Å². The molecule has 1 unspecified atom stereocenters. The van der Waals surface area contributed by atoms with Crippen LogP contribution in [0.1, 0.15) is 63.1 Å². The smallest absolute Gasteiger partial charge is 0.412 e. The van der Waals surface area contributed by atoms with Gasteiger partial charge in [0.05, 0.1) is 17.4 Å². The molecule has 2 aromatic carbocycles. The molecule has 45 heavy (non-hydrogen) atoms. The Bertz CT molecular complexity index is 1470. The van der Waals surface area contributed by atoms with Gasteiger partial charge in [-0.3, -0.25) is 15.1 Å². The fraction of sp³-hybridized carbons (Fsp3) is 0.394. The molecule has 0 saturated heterocycles. The van der Waals surface area contributed by atoms with Gasteiger partial charge in [0, 0.05) is 24.5 Å². The molecule has 4 amide bonds. The lowest BCUT2D eigenvalue weighted by atomic mass is 10.0. The Morgan fingerprint density at radius 2 is 1.60 bits per heavy atom. The van der Waals surface area contributed by atoms with E-state index < -0.39 is 17.6 Å². The number of pyridine rings is 1. The number of hydrogen-bond acceptors (Lipinski definition) is 8. The molecule has 1 aliphatic heterocycles. The van der Waals surface area contributed by atoms with Crippen LogP contribution in [0.2, 0.25) is 0 Å². The van der Waals surface area contributed by atoms with Crippen LogP contribution >= 0.6 is 0 Å². The van der Waals surface area contributed by atoms with Gasteiger partial charge in [0.15, 0.2) is 11.5 Å². The summed E-state index contributed by atoms with van der Waals surface area (Å²) >= 11 is 0. The molecule has 0 fully saturated rings. The third kappa shape index (κ3) is 9.83. The van der Waals surface area contributed by atoms with Crippen molar-refractivity contribution in [2.24, 2.45) is 0 Å². The van der Waals surface area contributed by atoms with Crippen molar-refractivity contribution in [3.8, 4) is 11.5 Å². The van der Waals surface area contributed by atoms with E-state index in [0.29, 0.717) is 48.2 Å². The number of carbonyl (C=O) groups is 3. The summed E-state index contributed by atoms with van der Waals surface area (Å²) < 4.78 is 16.5. The zero-order valence-electron chi connectivity index (χ0n) is 26.4. The number of benzene rings is 2. The lowest BCUT2D eigenvalue weighted by molar-refractivity contribution is 0.0635. The number of anilines is 3. The number of hydrogen-bond donors (Lipinski definition) is 4. The lowest BCUT2D eigenvalue weighted by Crippen LogP contribution is -2.35. The van der Waals surface area contributed by atoms with Crippen LogP contribution in [0.5, 0.6) is 11.5 Å². The summed E-state index contributed by atoms with van der Waals surface area (Å²) in [5, 5.41) is 11.4. The molecule has 0 radical (unpaired) electrons. The second kappa shape index (κ2) is 15.2. The van der Waals surface area contributed by atoms with Crippen LogP contribution < -0.4 is 30.7 Å². The van der Waals surface area contributed by atoms with E-state index >= 15 is 0 Å². The number of ether oxygens (including phenoxy) is 3. The highest BCUT2D eigenvalue weighted by atomic mass is 16.6. The SMILES string of the molecule is CCN(CC)CCC(NC(=O)Nc1ccc2c(c1)OCCO2)c1ccc(C(=O)Nc2ccccc2NC(=O)OC(C)(C)C)nc1. The van der Waals surface area contributed by atoms with Crippen molar-refractivity contribution in [1.82, 2.24) is 15.2 Å². The van der Waals surface area contributed by atoms with Crippen molar-refractivity contribution in [3.63, 3.8) is 0 Å². The van der Waals surface area contributed by atoms with E-state index in [4.69, 9.17) is 14.2 Å². The number of fused-ring (bicyclic) bond motifs is 1. The Kier molecular flexibility index (Phi) is 11.2. The van der Waals surface area contributed by atoms with Gasteiger partial charge < -0.3 is 35.1 Å². The molecule has 0 aliphatic carbocycles. The number of nitrogens with zero attached hydrogens (tertiary/aromatic N) is 2. The Hall–Kier alpha value is -4.84. The van der Waals surface area contributed by atoms with E-state index in [-0.39, 0.29) is 17.8 Å². The second-order valence-electron chi connectivity index (χ2n) is 11.4. The average molecular weight is 619 g/mol. The van der Waals surface area contributed by atoms with Crippen LogP contribution in [-0.4, -0.2) is 66.4 Å². The molecule has 0 spiro atoms. The summed E-state index contributed by atoms with van der Waals surface area (Å²) in [5.74, 6) is 0.768. The summed E-state index contributed by atoms with van der Waals surface area (Å²) in [6.45, 7) is 13.0. The fourth-order valence-electron chi connectivity index (χ4n) is 4.67. The van der Waals surface area contributed by atoms with Crippen molar-refractivity contribution in [2.45, 2.75) is 52.7 Å². The number of carbonyl (C=O) groups excluding carboxylic acids is 3. The Labute approximate surface area is 263 Å². The molecule has 1 aromatic heterocycles. The molecular formula is C33H42N6O6. The molecular weight excluding hydrogens is 576 g/mol. The molecule has 3 aromatic rings. The highest BCUT2D eigenvalue weighted by Crippen LogP contribution is 2.32. The monoisotopic (exact) mass is 618 g/mol. The van der Waals surface area contributed by atoms with Crippen molar-refractivity contribution in [3.05, 3.63) is 72.1 Å². The summed E-state index contributed by atoms with van der Waals surface area (Å²) in [6, 6.07) is 14.7. The number of urea groups is 1. The molecule has 2 heterocycles. The molecule has 0 bridgehead atoms. The zero-order chi connectivity index (χ0) is 32.4. The highest BCUT2D eigenvalue weighted by molar-refractivity contribution is 6.05. The molecule has 12 heteroatoms. The summed E-state index contributed by atoms with van der Waals surface area (Å²) in [4.78, 5) is 45.2. The summed E-state index contributed by atoms with van der Waals surface area (Å²) in [5.41, 5.74) is 1.62. The van der Waals surface area contributed by atoms with Crippen LogP contribution in [0.3, 0.4) is 0 Å². The van der Waals surface area contributed by atoms with Crippen molar-refractivity contribution in [2.75, 3.05) is 48.8 Å². The standard InChI is InChI=1S/C33H42N6O6/c1-6-39(7-2)17-16-24(37-31(41)35-23-13-15-28-29(20-23)44-19-18-43-28)22-12-14-27(34-21-22)30(40)36-25-10-8-9-11-26(25)38-32(42)45-33(3,4)5/h8-15,20-21,24H,6-7,16-19H2,1-5H3,(H,36,40)(H,38,42)(H2,35,37,41). The van der Waals surface area contributed by atoms with Gasteiger partial charge in [0.2, 0.25) is 0 Å². The average Bonchev–Trinajstić information content (AvgIpc) is 3.01. The number of amides is 4. The molecule has 1 aliphatic rings. The molecule has 4 rings (SSSR count). The third-order valence-electron chi connectivity index (χ3n) is 6.97. The van der Waals surface area contributed by atoms with Crippen LogP contribution in [0.4, 0.5) is 26.7 Å². The molecule has 240 valence electrons. The van der Waals surface area contributed by atoms with E-state index in [1.807, 2.05) is 0 Å². The quantitative estimate of drug-likeness (QED) is 0.204. The molecule has 12 nitrogen and oxygen atoms in total. The van der Waals surface area contributed by atoms with E-state index in [9.17, 15) is 14.4 Å². The zero-order valence-corrected chi connectivity index (χ0v) is 26.4. The minimum atomic E-state index is -0.669. The van der Waals surface area contributed by atoms with Gasteiger partial charge in [0.25, 0.3) is 5.91 Å². The van der Waals surface area contributed by atoms with Gasteiger partial charge >= 0.3 is 12.1 Å². The first-order valence-corrected chi connectivity index (χ1v) is 15.1. The minimum absolute atomic E-state index is 0.175. The van der Waals surface area contributed by atoms with E-state index in [1.54, 1.807) is 81.6 Å². The topological polar surface area (TPSA) is 143 Å². The van der Waals surface area contributed by atoms with Crippen molar-refractivity contribution >= 4 is 35.1 Å². The first kappa shape index (κ1) is 33.1. The van der Waals surface area contributed by atoms with Crippen LogP contribution in [0, 0.1) is 0 Å². The Balaban J connectivity index is 1.44. The summed E-state index contributed by atoms with van der Waals surface area (Å²) in [7, 11) is 0. The Morgan fingerprint density at radius 3 is 2.24 bits per heavy atom. The van der Waals surface area contributed by atoms with Crippen molar-refractivity contribution < 1.29 is 28.6 Å². The van der Waals surface area contributed by atoms with E-state index in [2.05, 4.69) is 45.0 Å². The largest absolute Gasteiger partial charge is 0.486 e. The molecule has 0 saturated carbocycles.